The molecule has 9 aromatic heterocycles. The molecule has 2 aromatic carbocycles. The van der Waals surface area contributed by atoms with Gasteiger partial charge in [0.25, 0.3) is 0 Å². The van der Waals surface area contributed by atoms with Crippen LogP contribution in [0.1, 0.15) is 74.1 Å². The fourth-order valence-electron chi connectivity index (χ4n) is 7.75. The van der Waals surface area contributed by atoms with E-state index in [0.29, 0.717) is 29.1 Å². The smallest absolute Gasteiger partial charge is 0.464 e. The molecule has 0 radical (unpaired) electrons. The fraction of sp³-hybridized carbons (Fsp3) is 0.284. The molecule has 0 fully saturated rings. The number of ketones is 3. The van der Waals surface area contributed by atoms with E-state index in [0.717, 1.165) is 97.5 Å². The van der Waals surface area contributed by atoms with Gasteiger partial charge in [0, 0.05) is 76.9 Å². The lowest BCUT2D eigenvalue weighted by Crippen LogP contribution is -2.40. The average molecular weight is 2050 g/mol. The van der Waals surface area contributed by atoms with Crippen molar-refractivity contribution in [2.45, 2.75) is 102 Å². The predicted octanol–water partition coefficient (Wildman–Crippen LogP) is 10.7. The van der Waals surface area contributed by atoms with E-state index in [-0.39, 0.29) is 26.0 Å². The van der Waals surface area contributed by atoms with E-state index >= 15 is 0 Å². The van der Waals surface area contributed by atoms with Crippen molar-refractivity contribution >= 4 is 150 Å². The highest BCUT2D eigenvalue weighted by molar-refractivity contribution is 9.11. The van der Waals surface area contributed by atoms with Gasteiger partial charge in [-0.25, -0.2) is 38.1 Å². The maximum atomic E-state index is 14.4. The Morgan fingerprint density at radius 2 is 0.814 bits per heavy atom. The lowest BCUT2D eigenvalue weighted by atomic mass is 9.80. The van der Waals surface area contributed by atoms with Crippen LogP contribution in [0, 0.1) is 13.8 Å². The zero-order valence-corrected chi connectivity index (χ0v) is 71.0. The second-order valence-electron chi connectivity index (χ2n) is 22.0. The molecule has 628 valence electrons. The number of pyridine rings is 5. The summed E-state index contributed by atoms with van der Waals surface area (Å²) in [6.45, 7) is 9.84. The van der Waals surface area contributed by atoms with Gasteiger partial charge in [0.1, 0.15) is 65.8 Å². The molecular formula is C67H62BBr6F10N21O13. The summed E-state index contributed by atoms with van der Waals surface area (Å²) in [5.74, 6) is -23.8. The van der Waals surface area contributed by atoms with E-state index in [1.807, 2.05) is 78.3 Å². The number of hydrogen-bond acceptors (Lipinski definition) is 30. The van der Waals surface area contributed by atoms with E-state index in [1.54, 1.807) is 29.3 Å². The average Bonchev–Trinajstić information content (AvgIpc) is 1.18. The van der Waals surface area contributed by atoms with Crippen molar-refractivity contribution in [1.82, 2.24) is 106 Å². The maximum Gasteiger partial charge on any atom is 0.488 e. The SMILES string of the molecule is Brc1ccc(Br)nc1.CCCn1cnnn1.CCOC(=O)C(C(=O)C(F)(F)c1ccc(Br)cn1)n1cnnn1.CCOC(=O)C(F)(F)Br.CCOC(=O)C(F)(F)c1ccc(Br)cn1.Cc1ccc(-c2ccc(C(F)(F)C(=O)Cn3cnnn3)nc2)cc1.Cc1ccc(B(O)O)cc1.O=C(Cn1cnnn1)C(F)(F)c1ccc(Br)cn1.O=C=O. The molecule has 118 heavy (non-hydrogen) atoms. The van der Waals surface area contributed by atoms with Crippen molar-refractivity contribution < 1.29 is 107 Å². The lowest BCUT2D eigenvalue weighted by Gasteiger charge is -2.20. The molecule has 0 amide bonds. The number of hydrogen-bond donors (Lipinski definition) is 2. The van der Waals surface area contributed by atoms with Gasteiger partial charge in [-0.2, -0.15) is 53.5 Å². The normalized spacial score (nSPS) is 11.0. The Hall–Kier alpha value is -10.6. The largest absolute Gasteiger partial charge is 0.488 e. The first kappa shape index (κ1) is 102. The summed E-state index contributed by atoms with van der Waals surface area (Å²) in [5.41, 5.74) is 1.68. The molecule has 51 heteroatoms. The summed E-state index contributed by atoms with van der Waals surface area (Å²) in [7, 11) is -1.35. The number of ether oxygens (including phenoxy) is 3. The Kier molecular flexibility index (Phi) is 43.9. The fourth-order valence-corrected chi connectivity index (χ4v) is 9.04. The summed E-state index contributed by atoms with van der Waals surface area (Å²) < 4.78 is 155. The highest BCUT2D eigenvalue weighted by Gasteiger charge is 2.51. The van der Waals surface area contributed by atoms with Crippen LogP contribution in [-0.2, 0) is 95.9 Å². The van der Waals surface area contributed by atoms with Gasteiger partial charge in [0.2, 0.25) is 23.4 Å². The molecule has 0 saturated carbocycles. The third-order valence-corrected chi connectivity index (χ3v) is 16.0. The number of esters is 3. The topological polar surface area (TPSA) is 444 Å². The van der Waals surface area contributed by atoms with Crippen LogP contribution in [0.15, 0.2) is 188 Å². The molecule has 11 rings (SSSR count). The molecule has 0 aliphatic rings. The number of aryl methyl sites for hydroxylation is 3. The molecule has 11 aromatic rings. The lowest BCUT2D eigenvalue weighted by molar-refractivity contribution is -0.192. The summed E-state index contributed by atoms with van der Waals surface area (Å²) in [6, 6.07) is 26.4. The molecule has 0 bridgehead atoms. The first-order valence-corrected chi connectivity index (χ1v) is 37.5. The number of nitrogens with zero attached hydrogens (tertiary/aromatic N) is 21. The molecule has 2 N–H and O–H groups in total. The molecule has 0 aliphatic heterocycles. The molecule has 1 unspecified atom stereocenters. The summed E-state index contributed by atoms with van der Waals surface area (Å²) in [5, 5.41) is 57.6. The number of aromatic nitrogens is 21. The Morgan fingerprint density at radius 1 is 0.449 bits per heavy atom. The van der Waals surface area contributed by atoms with Crippen LogP contribution < -0.4 is 5.46 Å². The Bertz CT molecular complexity index is 4830. The van der Waals surface area contributed by atoms with Crippen LogP contribution in [-0.4, -0.2) is 189 Å². The van der Waals surface area contributed by atoms with Gasteiger partial charge in [-0.1, -0.05) is 72.6 Å². The van der Waals surface area contributed by atoms with Crippen molar-refractivity contribution in [3.8, 4) is 11.1 Å². The second-order valence-corrected chi connectivity index (χ2v) is 27.5. The third-order valence-electron chi connectivity index (χ3n) is 13.4. The maximum absolute atomic E-state index is 14.4. The van der Waals surface area contributed by atoms with Gasteiger partial charge in [0.05, 0.1) is 19.8 Å². The van der Waals surface area contributed by atoms with Gasteiger partial charge >= 0.3 is 59.7 Å². The van der Waals surface area contributed by atoms with Crippen molar-refractivity contribution in [3.63, 3.8) is 0 Å². The summed E-state index contributed by atoms with van der Waals surface area (Å²) in [4.78, 5) is 99.3. The number of halogens is 16. The van der Waals surface area contributed by atoms with E-state index in [2.05, 4.69) is 188 Å². The van der Waals surface area contributed by atoms with Crippen LogP contribution in [0.2, 0.25) is 0 Å². The van der Waals surface area contributed by atoms with Crippen LogP contribution in [0.5, 0.6) is 0 Å². The van der Waals surface area contributed by atoms with Gasteiger partial charge < -0.3 is 24.3 Å². The zero-order chi connectivity index (χ0) is 88.4. The van der Waals surface area contributed by atoms with Crippen molar-refractivity contribution in [1.29, 1.82) is 0 Å². The number of benzene rings is 2. The number of tetrazole rings is 4. The van der Waals surface area contributed by atoms with Gasteiger partial charge in [-0.3, -0.25) is 34.3 Å². The standard InChI is InChI=1S/C16H13F2N5O.C12H10BrF2N5O3.C9H6BrF2N5O.C9H8BrF2NO2.C7H9BO2.C5H3Br2N.C4H5BrF2O2.C4H8N4.CO2/c1-11-2-4-12(5-3-11)13-6-7-14(19-8-13)16(17,18)15(24)9-23-10-20-21-22-23;1-2-23-11(22)9(20-6-17-18-19-20)10(21)12(14,15)8-4-3-7(13)5-16-8;10-6-1-2-7(13-3-6)9(11,12)8(18)4-17-5-14-15-16-17;1-2-15-8(14)9(11,12)7-4-3-6(10)5-13-7;1-6-2-4-7(5-3-6)8(9)10;6-4-1-2-5(7)8-3-4;1-2-9-3(8)4(5,6)7;1-2-3-8-4-5-6-7-8;2-1-3/h2-8,10H,9H2,1H3;3-6,9H,2H2,1H3;1-3,5H,4H2;3-5H,2H2,1H3;2-5,9-10H,1H3;1-3H;2H2,1H3;4H,2-3H2,1H3;. The van der Waals surface area contributed by atoms with E-state index in [1.165, 1.54) is 63.6 Å². The predicted molar refractivity (Wildman–Crippen MR) is 411 cm³/mol. The van der Waals surface area contributed by atoms with E-state index < -0.39 is 113 Å². The Morgan fingerprint density at radius 3 is 1.14 bits per heavy atom. The number of carbonyl (C=O) groups excluding carboxylic acids is 8. The minimum Gasteiger partial charge on any atom is -0.464 e. The summed E-state index contributed by atoms with van der Waals surface area (Å²) in [6.07, 6.45) is 12.6. The van der Waals surface area contributed by atoms with Crippen LogP contribution in [0.4, 0.5) is 43.9 Å². The highest BCUT2D eigenvalue weighted by Crippen LogP contribution is 2.35. The van der Waals surface area contributed by atoms with Gasteiger partial charge in [0.15, 0.2) is 0 Å². The molecule has 34 nitrogen and oxygen atoms in total. The van der Waals surface area contributed by atoms with Crippen LogP contribution in [0.25, 0.3) is 11.1 Å². The van der Waals surface area contributed by atoms with Gasteiger partial charge in [-0.05, 0) is 228 Å². The van der Waals surface area contributed by atoms with Crippen LogP contribution >= 0.6 is 95.6 Å². The third kappa shape index (κ3) is 34.9. The first-order valence-electron chi connectivity index (χ1n) is 32.8. The minimum atomic E-state index is -4.02. The summed E-state index contributed by atoms with van der Waals surface area (Å²) >= 11 is 17.5. The van der Waals surface area contributed by atoms with E-state index in [4.69, 9.17) is 19.6 Å². The quantitative estimate of drug-likeness (QED) is 0.0114. The first-order chi connectivity index (χ1) is 55.6. The van der Waals surface area contributed by atoms with Crippen molar-refractivity contribution in [3.05, 3.63) is 222 Å². The zero-order valence-electron chi connectivity index (χ0n) is 61.5. The van der Waals surface area contributed by atoms with Crippen molar-refractivity contribution in [2.24, 2.45) is 0 Å². The number of carbonyl (C=O) groups is 6. The monoisotopic (exact) mass is 2040 g/mol. The molecule has 0 saturated heterocycles. The van der Waals surface area contributed by atoms with Crippen molar-refractivity contribution in [2.75, 3.05) is 19.8 Å². The minimum absolute atomic E-state index is 0.0416. The molecule has 1 atom stereocenters. The Balaban J connectivity index is 0.000000358. The van der Waals surface area contributed by atoms with Gasteiger partial charge in [-0.15, -0.1) is 20.4 Å². The van der Waals surface area contributed by atoms with Crippen LogP contribution in [0.3, 0.4) is 0 Å². The number of alkyl halides is 11. The van der Waals surface area contributed by atoms with E-state index in [9.17, 15) is 72.7 Å². The Labute approximate surface area is 712 Å². The number of rotatable bonds is 23. The second kappa shape index (κ2) is 50.9. The molecule has 9 heterocycles. The molecular weight excluding hydrogens is 1990 g/mol. The molecule has 0 aliphatic carbocycles. The number of Topliss-reactive ketones (excluding diaryl/α,β-unsaturated/α-hetero) is 3. The highest BCUT2D eigenvalue weighted by atomic mass is 79.9. The molecule has 0 spiro atoms.